The van der Waals surface area contributed by atoms with E-state index in [9.17, 15) is 4.79 Å². The van der Waals surface area contributed by atoms with E-state index in [1.165, 1.54) is 6.42 Å². The summed E-state index contributed by atoms with van der Waals surface area (Å²) in [5, 5.41) is 11.9. The fourth-order valence-electron chi connectivity index (χ4n) is 2.42. The molecule has 104 valence electrons. The number of hydrogen-bond acceptors (Lipinski definition) is 3. The van der Waals surface area contributed by atoms with Crippen molar-refractivity contribution in [2.24, 2.45) is 0 Å². The first-order chi connectivity index (χ1) is 8.81. The summed E-state index contributed by atoms with van der Waals surface area (Å²) in [5.74, 6) is 0. The lowest BCUT2D eigenvalue weighted by Gasteiger charge is -2.24. The minimum atomic E-state index is -0.0395. The van der Waals surface area contributed by atoms with Crippen LogP contribution >= 0.6 is 0 Å². The molecule has 2 aliphatic rings. The number of hydrogen-bond donors (Lipinski definition) is 2. The van der Waals surface area contributed by atoms with Crippen molar-refractivity contribution >= 4 is 6.03 Å². The molecular formula is C13H24N2O3. The largest absolute Gasteiger partial charge is 0.395 e. The number of aliphatic hydroxyl groups is 1. The molecule has 0 spiro atoms. The van der Waals surface area contributed by atoms with E-state index in [0.29, 0.717) is 25.2 Å². The quantitative estimate of drug-likeness (QED) is 0.748. The van der Waals surface area contributed by atoms with E-state index in [-0.39, 0.29) is 12.6 Å². The van der Waals surface area contributed by atoms with Gasteiger partial charge in [-0.05, 0) is 38.5 Å². The second-order valence-electron chi connectivity index (χ2n) is 5.16. The van der Waals surface area contributed by atoms with Crippen LogP contribution < -0.4 is 5.32 Å². The van der Waals surface area contributed by atoms with Crippen LogP contribution in [0, 0.1) is 0 Å². The number of carbonyl (C=O) groups is 1. The van der Waals surface area contributed by atoms with Gasteiger partial charge in [-0.1, -0.05) is 0 Å². The second-order valence-corrected chi connectivity index (χ2v) is 5.16. The first kappa shape index (κ1) is 13.6. The van der Waals surface area contributed by atoms with Gasteiger partial charge < -0.3 is 20.1 Å². The van der Waals surface area contributed by atoms with Crippen LogP contribution in [0.4, 0.5) is 4.79 Å². The number of ether oxygens (including phenoxy) is 1. The Kier molecular flexibility index (Phi) is 5.26. The van der Waals surface area contributed by atoms with Crippen molar-refractivity contribution in [3.05, 3.63) is 0 Å². The summed E-state index contributed by atoms with van der Waals surface area (Å²) in [4.78, 5) is 13.7. The third-order valence-electron chi connectivity index (χ3n) is 3.61. The number of nitrogens with one attached hydrogen (secondary N) is 1. The molecule has 1 saturated carbocycles. The first-order valence-corrected chi connectivity index (χ1v) is 7.08. The van der Waals surface area contributed by atoms with Gasteiger partial charge in [0.2, 0.25) is 0 Å². The first-order valence-electron chi connectivity index (χ1n) is 7.08. The molecule has 0 radical (unpaired) electrons. The Morgan fingerprint density at radius 2 is 2.17 bits per heavy atom. The van der Waals surface area contributed by atoms with Crippen LogP contribution in [0.1, 0.15) is 38.5 Å². The van der Waals surface area contributed by atoms with E-state index in [0.717, 1.165) is 38.7 Å². The third-order valence-corrected chi connectivity index (χ3v) is 3.61. The van der Waals surface area contributed by atoms with Gasteiger partial charge in [0.1, 0.15) is 0 Å². The Labute approximate surface area is 108 Å². The lowest BCUT2D eigenvalue weighted by molar-refractivity contribution is 0.0118. The minimum absolute atomic E-state index is 0.0374. The lowest BCUT2D eigenvalue weighted by Crippen LogP contribution is -2.43. The van der Waals surface area contributed by atoms with Crippen molar-refractivity contribution < 1.29 is 14.6 Å². The van der Waals surface area contributed by atoms with Gasteiger partial charge in [0, 0.05) is 25.7 Å². The van der Waals surface area contributed by atoms with Crippen molar-refractivity contribution in [1.82, 2.24) is 10.2 Å². The van der Waals surface area contributed by atoms with Gasteiger partial charge in [0.25, 0.3) is 0 Å². The molecule has 1 saturated heterocycles. The predicted molar refractivity (Wildman–Crippen MR) is 68.4 cm³/mol. The van der Waals surface area contributed by atoms with E-state index in [1.807, 2.05) is 0 Å². The Balaban J connectivity index is 1.63. The molecule has 1 heterocycles. The molecule has 1 unspecified atom stereocenters. The van der Waals surface area contributed by atoms with Gasteiger partial charge in [-0.2, -0.15) is 0 Å². The van der Waals surface area contributed by atoms with Crippen molar-refractivity contribution in [2.75, 3.05) is 26.3 Å². The molecule has 0 aromatic rings. The average Bonchev–Trinajstić information content (AvgIpc) is 3.21. The van der Waals surface area contributed by atoms with Crippen LogP contribution in [0.25, 0.3) is 0 Å². The molecule has 2 amide bonds. The molecular weight excluding hydrogens is 232 g/mol. The van der Waals surface area contributed by atoms with E-state index >= 15 is 0 Å². The summed E-state index contributed by atoms with van der Waals surface area (Å²) >= 11 is 0. The number of nitrogens with zero attached hydrogens (tertiary/aromatic N) is 1. The Morgan fingerprint density at radius 1 is 1.33 bits per heavy atom. The standard InChI is InChI=1S/C13H24N2O3/c16-9-8-15(11-4-5-11)13(17)14-7-6-12-3-1-2-10-18-12/h11-12,16H,1-10H2,(H,14,17). The Bertz CT molecular complexity index is 263. The van der Waals surface area contributed by atoms with Crippen LogP contribution in [0.3, 0.4) is 0 Å². The van der Waals surface area contributed by atoms with E-state index in [1.54, 1.807) is 4.90 Å². The highest BCUT2D eigenvalue weighted by atomic mass is 16.5. The number of rotatable bonds is 6. The predicted octanol–water partition coefficient (Wildman–Crippen LogP) is 1.11. The zero-order valence-electron chi connectivity index (χ0n) is 10.9. The van der Waals surface area contributed by atoms with E-state index in [4.69, 9.17) is 9.84 Å². The number of amides is 2. The highest BCUT2D eigenvalue weighted by molar-refractivity contribution is 5.74. The molecule has 2 rings (SSSR count). The molecule has 0 aromatic heterocycles. The SMILES string of the molecule is O=C(NCCC1CCCCO1)N(CCO)C1CC1. The summed E-state index contributed by atoms with van der Waals surface area (Å²) in [7, 11) is 0. The van der Waals surface area contributed by atoms with Crippen LogP contribution in [0.5, 0.6) is 0 Å². The minimum Gasteiger partial charge on any atom is -0.395 e. The summed E-state index contributed by atoms with van der Waals surface area (Å²) in [5.41, 5.74) is 0. The summed E-state index contributed by atoms with van der Waals surface area (Å²) in [6.07, 6.45) is 6.85. The molecule has 1 aliphatic carbocycles. The molecule has 5 heteroatoms. The monoisotopic (exact) mass is 256 g/mol. The topological polar surface area (TPSA) is 61.8 Å². The molecule has 0 aromatic carbocycles. The summed E-state index contributed by atoms with van der Waals surface area (Å²) in [6, 6.07) is 0.311. The second kappa shape index (κ2) is 6.95. The van der Waals surface area contributed by atoms with E-state index < -0.39 is 0 Å². The average molecular weight is 256 g/mol. The molecule has 1 atom stereocenters. The molecule has 2 fully saturated rings. The Morgan fingerprint density at radius 3 is 2.78 bits per heavy atom. The van der Waals surface area contributed by atoms with Gasteiger partial charge in [-0.3, -0.25) is 0 Å². The van der Waals surface area contributed by atoms with Gasteiger partial charge in [-0.15, -0.1) is 0 Å². The van der Waals surface area contributed by atoms with Gasteiger partial charge in [0.05, 0.1) is 12.7 Å². The molecule has 5 nitrogen and oxygen atoms in total. The van der Waals surface area contributed by atoms with Gasteiger partial charge in [0.15, 0.2) is 0 Å². The molecule has 0 bridgehead atoms. The van der Waals surface area contributed by atoms with Crippen molar-refractivity contribution in [3.63, 3.8) is 0 Å². The third kappa shape index (κ3) is 4.14. The van der Waals surface area contributed by atoms with Crippen molar-refractivity contribution in [3.8, 4) is 0 Å². The highest BCUT2D eigenvalue weighted by Gasteiger charge is 2.31. The normalized spacial score (nSPS) is 23.7. The summed E-state index contributed by atoms with van der Waals surface area (Å²) < 4.78 is 5.62. The number of urea groups is 1. The maximum atomic E-state index is 11.9. The number of aliphatic hydroxyl groups excluding tert-OH is 1. The van der Waals surface area contributed by atoms with Crippen LogP contribution in [0.2, 0.25) is 0 Å². The van der Waals surface area contributed by atoms with Crippen molar-refractivity contribution in [2.45, 2.75) is 50.7 Å². The van der Waals surface area contributed by atoms with Gasteiger partial charge in [-0.25, -0.2) is 4.79 Å². The fourth-order valence-corrected chi connectivity index (χ4v) is 2.42. The number of carbonyl (C=O) groups excluding carboxylic acids is 1. The maximum Gasteiger partial charge on any atom is 0.317 e. The zero-order chi connectivity index (χ0) is 12.8. The zero-order valence-corrected chi connectivity index (χ0v) is 10.9. The van der Waals surface area contributed by atoms with Crippen LogP contribution in [-0.4, -0.2) is 54.5 Å². The van der Waals surface area contributed by atoms with Crippen molar-refractivity contribution in [1.29, 1.82) is 0 Å². The maximum absolute atomic E-state index is 11.9. The van der Waals surface area contributed by atoms with Crippen LogP contribution in [0.15, 0.2) is 0 Å². The van der Waals surface area contributed by atoms with Crippen LogP contribution in [-0.2, 0) is 4.74 Å². The lowest BCUT2D eigenvalue weighted by atomic mass is 10.1. The van der Waals surface area contributed by atoms with Gasteiger partial charge >= 0.3 is 6.03 Å². The molecule has 18 heavy (non-hydrogen) atoms. The molecule has 1 aliphatic heterocycles. The summed E-state index contributed by atoms with van der Waals surface area (Å²) in [6.45, 7) is 2.00. The highest BCUT2D eigenvalue weighted by Crippen LogP contribution is 2.26. The smallest absolute Gasteiger partial charge is 0.317 e. The fraction of sp³-hybridized carbons (Fsp3) is 0.923. The van der Waals surface area contributed by atoms with E-state index in [2.05, 4.69) is 5.32 Å². The Hall–Kier alpha value is -0.810. The molecule has 2 N–H and O–H groups in total.